The maximum absolute atomic E-state index is 12.0. The number of carbonyl (C=O) groups excluding carboxylic acids is 1. The third-order valence-electron chi connectivity index (χ3n) is 2.81. The number of carbonyl (C=O) groups is 1. The van der Waals surface area contributed by atoms with Gasteiger partial charge in [-0.2, -0.15) is 0 Å². The average Bonchev–Trinajstić information content (AvgIpc) is 2.98. The van der Waals surface area contributed by atoms with E-state index < -0.39 is 0 Å². The first-order chi connectivity index (χ1) is 6.69. The van der Waals surface area contributed by atoms with E-state index in [1.807, 2.05) is 0 Å². The Balaban J connectivity index is 2.32. The van der Waals surface area contributed by atoms with Gasteiger partial charge in [-0.15, -0.1) is 0 Å². The molecule has 14 heavy (non-hydrogen) atoms. The first kappa shape index (κ1) is 9.15. The molecule has 0 atom stereocenters. The highest BCUT2D eigenvalue weighted by molar-refractivity contribution is 6.05. The van der Waals surface area contributed by atoms with Gasteiger partial charge in [0, 0.05) is 18.2 Å². The molecule has 4 heteroatoms. The van der Waals surface area contributed by atoms with Crippen molar-refractivity contribution in [2.24, 2.45) is 11.1 Å². The quantitative estimate of drug-likeness (QED) is 0.685. The van der Waals surface area contributed by atoms with E-state index in [4.69, 9.17) is 11.5 Å². The number of nitrogens with two attached hydrogens (primary N) is 2. The van der Waals surface area contributed by atoms with Crippen molar-refractivity contribution in [3.05, 3.63) is 23.9 Å². The van der Waals surface area contributed by atoms with Crippen LogP contribution in [-0.2, 0) is 0 Å². The van der Waals surface area contributed by atoms with Gasteiger partial charge >= 0.3 is 0 Å². The first-order valence-corrected chi connectivity index (χ1v) is 4.65. The molecule has 4 N–H and O–H groups in total. The number of hydrogen-bond donors (Lipinski definition) is 2. The topological polar surface area (TPSA) is 82.0 Å². The second kappa shape index (κ2) is 3.06. The lowest BCUT2D eigenvalue weighted by molar-refractivity contribution is 0.0906. The predicted octanol–water partition coefficient (Wildman–Crippen LogP) is 0.585. The molecule has 0 unspecified atom stereocenters. The minimum atomic E-state index is -0.336. The van der Waals surface area contributed by atoms with Gasteiger partial charge in [-0.05, 0) is 25.0 Å². The summed E-state index contributed by atoms with van der Waals surface area (Å²) in [7, 11) is 0. The van der Waals surface area contributed by atoms with E-state index >= 15 is 0 Å². The number of ketones is 1. The van der Waals surface area contributed by atoms with Gasteiger partial charge in [0.25, 0.3) is 0 Å². The molecule has 1 fully saturated rings. The highest BCUT2D eigenvalue weighted by Gasteiger charge is 2.49. The molecule has 1 aromatic heterocycles. The van der Waals surface area contributed by atoms with E-state index in [-0.39, 0.29) is 11.2 Å². The van der Waals surface area contributed by atoms with Gasteiger partial charge < -0.3 is 11.5 Å². The standard InChI is InChI=1S/C10H13N3O/c11-6-10(3-4-10)8(14)7-2-1-5-13-9(7)12/h1-2,5H,3-4,6,11H2,(H2,12,13). The number of Topliss-reactive ketones (excluding diaryl/α,β-unsaturated/α-hetero) is 1. The number of hydrogen-bond acceptors (Lipinski definition) is 4. The van der Waals surface area contributed by atoms with Gasteiger partial charge in [0.1, 0.15) is 5.82 Å². The molecule has 0 bridgehead atoms. The number of aromatic nitrogens is 1. The fourth-order valence-electron chi connectivity index (χ4n) is 1.57. The number of pyridine rings is 1. The molecule has 2 rings (SSSR count). The summed E-state index contributed by atoms with van der Waals surface area (Å²) in [5, 5.41) is 0. The predicted molar refractivity (Wildman–Crippen MR) is 53.7 cm³/mol. The molecule has 0 aliphatic heterocycles. The average molecular weight is 191 g/mol. The van der Waals surface area contributed by atoms with Crippen LogP contribution in [0.4, 0.5) is 5.82 Å². The minimum Gasteiger partial charge on any atom is -0.383 e. The monoisotopic (exact) mass is 191 g/mol. The molecular formula is C10H13N3O. The smallest absolute Gasteiger partial charge is 0.173 e. The van der Waals surface area contributed by atoms with E-state index in [9.17, 15) is 4.79 Å². The minimum absolute atomic E-state index is 0.0469. The van der Waals surface area contributed by atoms with Gasteiger partial charge in [-0.3, -0.25) is 4.79 Å². The zero-order valence-electron chi connectivity index (χ0n) is 7.86. The zero-order valence-corrected chi connectivity index (χ0v) is 7.86. The summed E-state index contributed by atoms with van der Waals surface area (Å²) in [6.07, 6.45) is 3.32. The van der Waals surface area contributed by atoms with E-state index in [1.165, 1.54) is 0 Å². The van der Waals surface area contributed by atoms with Crippen molar-refractivity contribution >= 4 is 11.6 Å². The second-order valence-electron chi connectivity index (χ2n) is 3.75. The molecule has 1 saturated carbocycles. The van der Waals surface area contributed by atoms with Crippen LogP contribution in [0.25, 0.3) is 0 Å². The molecular weight excluding hydrogens is 178 g/mol. The summed E-state index contributed by atoms with van der Waals surface area (Å²) in [6, 6.07) is 3.43. The highest BCUT2D eigenvalue weighted by atomic mass is 16.1. The molecule has 74 valence electrons. The van der Waals surface area contributed by atoms with Crippen LogP contribution < -0.4 is 11.5 Å². The van der Waals surface area contributed by atoms with Crippen molar-refractivity contribution in [3.63, 3.8) is 0 Å². The molecule has 1 heterocycles. The Morgan fingerprint density at radius 2 is 2.29 bits per heavy atom. The van der Waals surface area contributed by atoms with Crippen molar-refractivity contribution in [2.75, 3.05) is 12.3 Å². The van der Waals surface area contributed by atoms with Crippen molar-refractivity contribution in [1.82, 2.24) is 4.98 Å². The Morgan fingerprint density at radius 3 is 2.79 bits per heavy atom. The molecule has 1 aliphatic carbocycles. The van der Waals surface area contributed by atoms with E-state index in [0.29, 0.717) is 17.9 Å². The van der Waals surface area contributed by atoms with Gasteiger partial charge in [-0.1, -0.05) is 0 Å². The highest BCUT2D eigenvalue weighted by Crippen LogP contribution is 2.47. The summed E-state index contributed by atoms with van der Waals surface area (Å²) in [5.41, 5.74) is 11.4. The third kappa shape index (κ3) is 1.28. The lowest BCUT2D eigenvalue weighted by atomic mass is 9.95. The van der Waals surface area contributed by atoms with Crippen LogP contribution in [0.15, 0.2) is 18.3 Å². The van der Waals surface area contributed by atoms with Gasteiger partial charge in [0.15, 0.2) is 5.78 Å². The molecule has 0 spiro atoms. The van der Waals surface area contributed by atoms with Crippen LogP contribution >= 0.6 is 0 Å². The summed E-state index contributed by atoms with van der Waals surface area (Å²) < 4.78 is 0. The van der Waals surface area contributed by atoms with Crippen LogP contribution in [0.1, 0.15) is 23.2 Å². The molecule has 1 aromatic rings. The molecule has 0 radical (unpaired) electrons. The van der Waals surface area contributed by atoms with Crippen LogP contribution in [0.3, 0.4) is 0 Å². The van der Waals surface area contributed by atoms with Gasteiger partial charge in [0.05, 0.1) is 5.56 Å². The van der Waals surface area contributed by atoms with Crippen molar-refractivity contribution < 1.29 is 4.79 Å². The Kier molecular flexibility index (Phi) is 2.00. The van der Waals surface area contributed by atoms with Crippen LogP contribution in [0.5, 0.6) is 0 Å². The third-order valence-corrected chi connectivity index (χ3v) is 2.81. The number of nitrogens with zero attached hydrogens (tertiary/aromatic N) is 1. The summed E-state index contributed by atoms with van der Waals surface area (Å²) in [6.45, 7) is 0.403. The molecule has 1 aliphatic rings. The summed E-state index contributed by atoms with van der Waals surface area (Å²) in [4.78, 5) is 15.9. The molecule has 0 saturated heterocycles. The molecule has 0 amide bonds. The maximum Gasteiger partial charge on any atom is 0.173 e. The Hall–Kier alpha value is -1.42. The van der Waals surface area contributed by atoms with Crippen LogP contribution in [0.2, 0.25) is 0 Å². The van der Waals surface area contributed by atoms with Gasteiger partial charge in [-0.25, -0.2) is 4.98 Å². The van der Waals surface area contributed by atoms with E-state index in [1.54, 1.807) is 18.3 Å². The number of anilines is 1. The zero-order chi connectivity index (χ0) is 10.2. The fourth-order valence-corrected chi connectivity index (χ4v) is 1.57. The van der Waals surface area contributed by atoms with Crippen molar-refractivity contribution in [2.45, 2.75) is 12.8 Å². The van der Waals surface area contributed by atoms with E-state index in [2.05, 4.69) is 4.98 Å². The second-order valence-corrected chi connectivity index (χ2v) is 3.75. The van der Waals surface area contributed by atoms with Crippen molar-refractivity contribution in [3.8, 4) is 0 Å². The SMILES string of the molecule is NCC1(C(=O)c2cccnc2N)CC1. The summed E-state index contributed by atoms with van der Waals surface area (Å²) >= 11 is 0. The number of nitrogen functional groups attached to an aromatic ring is 1. The largest absolute Gasteiger partial charge is 0.383 e. The Bertz CT molecular complexity index is 371. The Morgan fingerprint density at radius 1 is 1.57 bits per heavy atom. The van der Waals surface area contributed by atoms with Crippen LogP contribution in [0, 0.1) is 5.41 Å². The Labute approximate surface area is 82.3 Å². The lowest BCUT2D eigenvalue weighted by Gasteiger charge is -2.11. The fraction of sp³-hybridized carbons (Fsp3) is 0.400. The summed E-state index contributed by atoms with van der Waals surface area (Å²) in [5.74, 6) is 0.350. The first-order valence-electron chi connectivity index (χ1n) is 4.65. The molecule has 0 aromatic carbocycles. The normalized spacial score (nSPS) is 17.8. The van der Waals surface area contributed by atoms with Crippen molar-refractivity contribution in [1.29, 1.82) is 0 Å². The van der Waals surface area contributed by atoms with Crippen LogP contribution in [-0.4, -0.2) is 17.3 Å². The van der Waals surface area contributed by atoms with Gasteiger partial charge in [0.2, 0.25) is 0 Å². The number of rotatable bonds is 3. The maximum atomic E-state index is 12.0. The lowest BCUT2D eigenvalue weighted by Crippen LogP contribution is -2.26. The molecule has 4 nitrogen and oxygen atoms in total. The van der Waals surface area contributed by atoms with E-state index in [0.717, 1.165) is 12.8 Å².